The Hall–Kier alpha value is -7.66. The van der Waals surface area contributed by atoms with Gasteiger partial charge in [0.25, 0.3) is 23.0 Å². The predicted octanol–water partition coefficient (Wildman–Crippen LogP) is 10.3. The summed E-state index contributed by atoms with van der Waals surface area (Å²) in [5.41, 5.74) is 3.03. The van der Waals surface area contributed by atoms with Crippen LogP contribution in [0.5, 0.6) is 23.0 Å². The molecular weight excluding hydrogens is 1360 g/mol. The van der Waals surface area contributed by atoms with Gasteiger partial charge in [-0.1, -0.05) is 92.5 Å². The van der Waals surface area contributed by atoms with Gasteiger partial charge in [-0.05, 0) is 93.4 Å². The SMILES string of the molecule is CC(C)C1=C(O)C(=[OH+])C=CC1.CC(C)c1occc(=[OH+])c1O.CC1=C(O)C(=[OH+])C=CC1.CCC1=C(O)C(=[OH+])C=CC1.CCCCC1=C(O)C(=[OH+])C=CC1.CCCCc1occc(=[OH+])c1O.CCc1occc(=[OH+])c1O.Cc1occc(=[OH+])c1O.[O]=[V].[O]=[V].[O]=[V].[O]=[V]. The average molecular weight is 1450 g/mol. The van der Waals surface area contributed by atoms with E-state index in [4.69, 9.17) is 86.0 Å². The molecule has 0 aliphatic heterocycles. The maximum absolute atomic E-state index is 9.41. The van der Waals surface area contributed by atoms with Crippen molar-refractivity contribution >= 4 is 23.1 Å². The first-order chi connectivity index (χ1) is 43.7. The fraction of sp³-hybridized carbons (Fsp3) is 0.375. The van der Waals surface area contributed by atoms with Crippen molar-refractivity contribution in [3.8, 4) is 23.0 Å². The number of rotatable bonds is 10. The molecule has 28 heteroatoms. The van der Waals surface area contributed by atoms with Crippen molar-refractivity contribution in [1.82, 2.24) is 0 Å². The molecule has 0 radical (unpaired) electrons. The topological polar surface area (TPSA) is 454 Å². The first-order valence-corrected chi connectivity index (χ1v) is 30.5. The van der Waals surface area contributed by atoms with Crippen LogP contribution in [0.15, 0.2) is 161 Å². The molecule has 8 rings (SSSR count). The first kappa shape index (κ1) is 90.8. The van der Waals surface area contributed by atoms with Crippen molar-refractivity contribution in [2.24, 2.45) is 5.92 Å². The maximum atomic E-state index is 9.41. The normalized spacial score (nSPS) is 13.0. The van der Waals surface area contributed by atoms with Crippen molar-refractivity contribution < 1.29 is 181 Å². The predicted molar refractivity (Wildman–Crippen MR) is 323 cm³/mol. The molecule has 4 heterocycles. The van der Waals surface area contributed by atoms with Crippen LogP contribution in [0.25, 0.3) is 0 Å². The number of ketones is 4. The number of unbranched alkanes of at least 4 members (excludes halogenated alkanes) is 2. The summed E-state index contributed by atoms with van der Waals surface area (Å²) < 4.78 is 52.4. The van der Waals surface area contributed by atoms with E-state index in [1.807, 2.05) is 65.8 Å². The minimum absolute atomic E-state index is 0.00681. The Bertz CT molecular complexity index is 3440. The Kier molecular flexibility index (Phi) is 53.2. The number of aliphatic hydroxyl groups is 4. The molecule has 4 aromatic heterocycles. The molecule has 0 unspecified atom stereocenters. The van der Waals surface area contributed by atoms with Crippen molar-refractivity contribution in [1.29, 1.82) is 0 Å². The van der Waals surface area contributed by atoms with Gasteiger partial charge >= 0.3 is 129 Å². The molecule has 0 amide bonds. The molecule has 4 aromatic rings. The van der Waals surface area contributed by atoms with E-state index in [1.165, 1.54) is 67.5 Å². The summed E-state index contributed by atoms with van der Waals surface area (Å²) in [6.07, 6.45) is 28.9. The van der Waals surface area contributed by atoms with E-state index < -0.39 is 0 Å². The number of aliphatic hydroxyl groups excluding tert-OH is 4. The Balaban J connectivity index is -0.000000474. The van der Waals surface area contributed by atoms with Gasteiger partial charge < -0.3 is 58.5 Å². The molecule has 0 saturated carbocycles. The summed E-state index contributed by atoms with van der Waals surface area (Å²) in [7, 11) is 0. The van der Waals surface area contributed by atoms with Gasteiger partial charge in [0.2, 0.25) is 23.0 Å². The number of allylic oxidation sites excluding steroid dienone is 12. The molecule has 0 saturated heterocycles. The average Bonchev–Trinajstić information content (AvgIpc) is 1.20. The summed E-state index contributed by atoms with van der Waals surface area (Å²) in [6, 6.07) is 5.21. The Morgan fingerprint density at radius 1 is 0.413 bits per heavy atom. The van der Waals surface area contributed by atoms with E-state index in [9.17, 15) is 25.5 Å². The third-order valence-corrected chi connectivity index (χ3v) is 12.3. The molecule has 4 aliphatic rings. The summed E-state index contributed by atoms with van der Waals surface area (Å²) >= 11 is 4.25. The molecule has 16 N–H and O–H groups in total. The zero-order valence-corrected chi connectivity index (χ0v) is 58.7. The summed E-state index contributed by atoms with van der Waals surface area (Å²) in [5, 5.41) is 73.3. The molecular formula is C64H88O24V4+8. The summed E-state index contributed by atoms with van der Waals surface area (Å²) in [4.78, 5) is 72.0. The van der Waals surface area contributed by atoms with Crippen LogP contribution in [-0.2, 0) is 97.0 Å². The molecule has 0 bridgehead atoms. The summed E-state index contributed by atoms with van der Waals surface area (Å²) in [5.74, 6) is 1.47. The van der Waals surface area contributed by atoms with Crippen molar-refractivity contribution in [2.45, 2.75) is 152 Å². The van der Waals surface area contributed by atoms with Crippen LogP contribution in [0.3, 0.4) is 0 Å². The van der Waals surface area contributed by atoms with Crippen LogP contribution in [-0.4, -0.2) is 102 Å². The monoisotopic (exact) mass is 1440 g/mol. The molecule has 0 fully saturated rings. The van der Waals surface area contributed by atoms with E-state index in [0.717, 1.165) is 156 Å². The van der Waals surface area contributed by atoms with Gasteiger partial charge in [0.05, 0.1) is 24.3 Å². The van der Waals surface area contributed by atoms with E-state index >= 15 is 0 Å². The van der Waals surface area contributed by atoms with Crippen LogP contribution in [0, 0.1) is 12.8 Å². The van der Waals surface area contributed by atoms with Gasteiger partial charge in [-0.15, -0.1) is 0 Å². The third kappa shape index (κ3) is 35.2. The van der Waals surface area contributed by atoms with Crippen molar-refractivity contribution in [3.63, 3.8) is 0 Å². The first-order valence-electron chi connectivity index (χ1n) is 28.2. The molecule has 0 atom stereocenters. The van der Waals surface area contributed by atoms with Gasteiger partial charge in [-0.2, -0.15) is 0 Å². The fourth-order valence-corrected chi connectivity index (χ4v) is 7.19. The number of aromatic hydroxyl groups is 4. The van der Waals surface area contributed by atoms with Crippen molar-refractivity contribution in [3.05, 3.63) is 188 Å². The van der Waals surface area contributed by atoms with Crippen LogP contribution in [0.1, 0.15) is 155 Å². The number of hydrogen-bond donors (Lipinski definition) is 8. The molecule has 24 nitrogen and oxygen atoms in total. The van der Waals surface area contributed by atoms with Gasteiger partial charge in [-0.25, -0.2) is 0 Å². The van der Waals surface area contributed by atoms with Gasteiger partial charge in [-0.3, -0.25) is 38.4 Å². The Morgan fingerprint density at radius 2 is 0.783 bits per heavy atom. The molecule has 500 valence electrons. The fourth-order valence-electron chi connectivity index (χ4n) is 7.19. The Morgan fingerprint density at radius 3 is 1.15 bits per heavy atom. The van der Waals surface area contributed by atoms with E-state index in [-0.39, 0.29) is 96.8 Å². The van der Waals surface area contributed by atoms with Gasteiger partial charge in [0.15, 0.2) is 23.0 Å². The Labute approximate surface area is 569 Å². The molecule has 4 aliphatic carbocycles. The number of aryl methyl sites for hydroxylation is 3. The van der Waals surface area contributed by atoms with Crippen LogP contribution in [0.2, 0.25) is 0 Å². The van der Waals surface area contributed by atoms with Crippen LogP contribution < -0.4 is 21.7 Å². The van der Waals surface area contributed by atoms with Crippen LogP contribution in [0.4, 0.5) is 0 Å². The third-order valence-electron chi connectivity index (χ3n) is 12.3. The van der Waals surface area contributed by atoms with E-state index in [1.54, 1.807) is 19.9 Å². The number of hydrogen-bond acceptors (Lipinski definition) is 16. The standard InChI is InChI=1S/C10H14O2.C9H12O3.C9H12O2.C8H10O3.C8H10O2.C7H8O3.C7H8O2.C6H6O3.4O.4V/c1-2-3-5-8-6-4-7-9(11)10(8)12;1-2-3-4-8-9(11)7(10)5-6-12-8;1-6(2)7-4-3-5-8(10)9(7)11;1-5(2)8-7(10)6(9)3-4-11-8;1-2-6-4-3-5-7(9)8(6)10;1-2-6-7(9)5(8)3-4-10-6;1-5-3-2-4-6(8)7(5)9;1-4-6(8)5(7)2-3-9-4;;;;;;;;/h4,7,12H,2-3,5-6H2,1H3;5-6,11H,2-4H2,1H3;3,5-6,11H,4H2,1-2H3;3-5,10H,1-2H3;3,5,10H,2,4H2,1H3;3-4,9H,2H2,1H3;2,4,9H,3H2,1H3;2-3,8H,1H3;;;;;;;;/p+8. The molecule has 0 aromatic carbocycles. The summed E-state index contributed by atoms with van der Waals surface area (Å²) in [6.45, 7) is 19.0. The van der Waals surface area contributed by atoms with Gasteiger partial charge in [0.1, 0.15) is 25.1 Å². The molecule has 92 heavy (non-hydrogen) atoms. The molecule has 0 spiro atoms. The zero-order valence-electron chi connectivity index (χ0n) is 53.1. The van der Waals surface area contributed by atoms with Crippen molar-refractivity contribution in [2.75, 3.05) is 0 Å². The zero-order chi connectivity index (χ0) is 71.6. The minimum atomic E-state index is -0.197. The second-order valence-electron chi connectivity index (χ2n) is 19.5. The second-order valence-corrected chi connectivity index (χ2v) is 19.5. The van der Waals surface area contributed by atoms with Gasteiger partial charge in [0, 0.05) is 43.1 Å². The van der Waals surface area contributed by atoms with E-state index in [0.29, 0.717) is 41.8 Å². The second kappa shape index (κ2) is 53.9. The quantitative estimate of drug-likeness (QED) is 0.0684. The van der Waals surface area contributed by atoms with E-state index in [2.05, 4.69) is 13.8 Å². The number of carbonyl (C=O) groups excluding carboxylic acids is 4. The van der Waals surface area contributed by atoms with Crippen LogP contribution >= 0.6 is 0 Å².